The Bertz CT molecular complexity index is 819. The summed E-state index contributed by atoms with van der Waals surface area (Å²) in [5.74, 6) is 3.65. The van der Waals surface area contributed by atoms with E-state index in [-0.39, 0.29) is 5.91 Å². The van der Waals surface area contributed by atoms with Crippen molar-refractivity contribution in [3.63, 3.8) is 0 Å². The number of nitrogens with one attached hydrogen (secondary N) is 1. The molecule has 3 nitrogen and oxygen atoms in total. The molecule has 0 unspecified atom stereocenters. The number of carbonyl (C=O) groups is 2. The van der Waals surface area contributed by atoms with Gasteiger partial charge >= 0.3 is 0 Å². The fraction of sp³-hybridized carbons (Fsp3) is 0.704. The highest BCUT2D eigenvalue weighted by Gasteiger charge is 2.60. The summed E-state index contributed by atoms with van der Waals surface area (Å²) in [5, 5.41) is 3.34. The molecule has 0 spiro atoms. The van der Waals surface area contributed by atoms with Gasteiger partial charge < -0.3 is 5.32 Å². The van der Waals surface area contributed by atoms with E-state index in [0.717, 1.165) is 42.6 Å². The topological polar surface area (TPSA) is 46.2 Å². The van der Waals surface area contributed by atoms with Gasteiger partial charge in [-0.05, 0) is 85.9 Å². The van der Waals surface area contributed by atoms with Gasteiger partial charge in [0.1, 0.15) is 0 Å². The standard InChI is InChI=1S/C27H37NO2/c1-26-16-14-22-20(10-13-24-27(22,2)17-15-25(30)28-24)21(26)11-8-19(26)9-12-23(29)18-6-4-3-5-7-18/h3-7,19-22,24H,8-17H2,1-2H3,(H,28,30)/t19-,20+,21+,22+,24-,26-,27-/m1/s1. The van der Waals surface area contributed by atoms with Crippen LogP contribution in [0.5, 0.6) is 0 Å². The molecule has 4 aliphatic rings. The van der Waals surface area contributed by atoms with Gasteiger partial charge in [0.05, 0.1) is 0 Å². The molecule has 7 atom stereocenters. The first kappa shape index (κ1) is 20.3. The Hall–Kier alpha value is -1.64. The van der Waals surface area contributed by atoms with Crippen LogP contribution in [0.1, 0.15) is 88.4 Å². The molecule has 0 aromatic heterocycles. The molecule has 1 amide bonds. The molecule has 162 valence electrons. The van der Waals surface area contributed by atoms with Gasteiger partial charge in [0.15, 0.2) is 5.78 Å². The van der Waals surface area contributed by atoms with Gasteiger partial charge in [-0.3, -0.25) is 9.59 Å². The van der Waals surface area contributed by atoms with Crippen molar-refractivity contribution in [3.05, 3.63) is 35.9 Å². The van der Waals surface area contributed by atoms with E-state index in [0.29, 0.717) is 41.4 Å². The summed E-state index contributed by atoms with van der Waals surface area (Å²) < 4.78 is 0. The molecule has 0 radical (unpaired) electrons. The molecule has 3 aliphatic carbocycles. The molecule has 1 aromatic carbocycles. The Balaban J connectivity index is 1.28. The van der Waals surface area contributed by atoms with E-state index in [9.17, 15) is 9.59 Å². The van der Waals surface area contributed by atoms with Gasteiger partial charge in [-0.15, -0.1) is 0 Å². The van der Waals surface area contributed by atoms with Crippen LogP contribution < -0.4 is 5.32 Å². The summed E-state index contributed by atoms with van der Waals surface area (Å²) >= 11 is 0. The monoisotopic (exact) mass is 407 g/mol. The Kier molecular flexibility index (Phi) is 5.07. The first-order valence-corrected chi connectivity index (χ1v) is 12.3. The second kappa shape index (κ2) is 7.50. The molecule has 1 N–H and O–H groups in total. The molecular weight excluding hydrogens is 370 g/mol. The quantitative estimate of drug-likeness (QED) is 0.642. The molecule has 1 aliphatic heterocycles. The third-order valence-corrected chi connectivity index (χ3v) is 10.1. The number of fused-ring (bicyclic) bond motifs is 5. The van der Waals surface area contributed by atoms with Gasteiger partial charge in [0, 0.05) is 24.4 Å². The van der Waals surface area contributed by atoms with Crippen LogP contribution in [0.25, 0.3) is 0 Å². The predicted molar refractivity (Wildman–Crippen MR) is 119 cm³/mol. The van der Waals surface area contributed by atoms with Crippen LogP contribution in [0.2, 0.25) is 0 Å². The summed E-state index contributed by atoms with van der Waals surface area (Å²) in [6.45, 7) is 5.02. The van der Waals surface area contributed by atoms with Gasteiger partial charge in [0.2, 0.25) is 5.91 Å². The number of ketones is 1. The van der Waals surface area contributed by atoms with E-state index in [4.69, 9.17) is 0 Å². The lowest BCUT2D eigenvalue weighted by Crippen LogP contribution is -2.61. The van der Waals surface area contributed by atoms with Crippen molar-refractivity contribution in [2.45, 2.75) is 84.1 Å². The number of amides is 1. The second-order valence-electron chi connectivity index (χ2n) is 11.2. The van der Waals surface area contributed by atoms with Crippen LogP contribution in [0.15, 0.2) is 30.3 Å². The molecule has 3 saturated carbocycles. The zero-order valence-corrected chi connectivity index (χ0v) is 18.7. The number of hydrogen-bond donors (Lipinski definition) is 1. The highest BCUT2D eigenvalue weighted by molar-refractivity contribution is 5.95. The lowest BCUT2D eigenvalue weighted by Gasteiger charge is -2.60. The molecule has 30 heavy (non-hydrogen) atoms. The van der Waals surface area contributed by atoms with E-state index in [1.54, 1.807) is 0 Å². The number of hydrogen-bond acceptors (Lipinski definition) is 2. The van der Waals surface area contributed by atoms with Crippen LogP contribution in [-0.2, 0) is 4.79 Å². The lowest BCUT2D eigenvalue weighted by molar-refractivity contribution is -0.136. The van der Waals surface area contributed by atoms with Crippen molar-refractivity contribution < 1.29 is 9.59 Å². The van der Waals surface area contributed by atoms with Crippen molar-refractivity contribution in [1.82, 2.24) is 5.32 Å². The Labute approximate surface area is 181 Å². The SMILES string of the molecule is C[C@]12CCC(=O)N[C@@H]1CC[C@@H]1[C@@H]2CC[C@]2(C)[C@@H](CCC(=O)c3ccccc3)CC[C@@H]12. The van der Waals surface area contributed by atoms with Crippen molar-refractivity contribution in [1.29, 1.82) is 0 Å². The Morgan fingerprint density at radius 2 is 1.73 bits per heavy atom. The van der Waals surface area contributed by atoms with Crippen LogP contribution in [0.3, 0.4) is 0 Å². The van der Waals surface area contributed by atoms with E-state index in [1.165, 1.54) is 32.1 Å². The van der Waals surface area contributed by atoms with Crippen molar-refractivity contribution >= 4 is 11.7 Å². The smallest absolute Gasteiger partial charge is 0.220 e. The van der Waals surface area contributed by atoms with Crippen LogP contribution in [0.4, 0.5) is 0 Å². The van der Waals surface area contributed by atoms with Crippen molar-refractivity contribution in [2.75, 3.05) is 0 Å². The minimum atomic E-state index is 0.264. The van der Waals surface area contributed by atoms with Crippen LogP contribution in [0, 0.1) is 34.5 Å². The molecule has 0 bridgehead atoms. The van der Waals surface area contributed by atoms with E-state index >= 15 is 0 Å². The maximum absolute atomic E-state index is 12.7. The molecule has 4 fully saturated rings. The number of piperidine rings is 1. The number of rotatable bonds is 4. The number of benzene rings is 1. The maximum atomic E-state index is 12.7. The minimum Gasteiger partial charge on any atom is -0.353 e. The zero-order valence-electron chi connectivity index (χ0n) is 18.7. The largest absolute Gasteiger partial charge is 0.353 e. The summed E-state index contributed by atoms with van der Waals surface area (Å²) in [6, 6.07) is 10.2. The van der Waals surface area contributed by atoms with E-state index in [2.05, 4.69) is 19.2 Å². The molecule has 1 heterocycles. The predicted octanol–water partition coefficient (Wildman–Crippen LogP) is 5.79. The van der Waals surface area contributed by atoms with Gasteiger partial charge in [-0.1, -0.05) is 44.2 Å². The normalized spacial score (nSPS) is 42.6. The summed E-state index contributed by atoms with van der Waals surface area (Å²) in [6.07, 6.45) is 11.2. The van der Waals surface area contributed by atoms with Crippen LogP contribution in [-0.4, -0.2) is 17.7 Å². The summed E-state index contributed by atoms with van der Waals surface area (Å²) in [5.41, 5.74) is 1.56. The summed E-state index contributed by atoms with van der Waals surface area (Å²) in [7, 11) is 0. The summed E-state index contributed by atoms with van der Waals surface area (Å²) in [4.78, 5) is 24.7. The van der Waals surface area contributed by atoms with Crippen LogP contribution >= 0.6 is 0 Å². The molecular formula is C27H37NO2. The average molecular weight is 408 g/mol. The Morgan fingerprint density at radius 3 is 2.53 bits per heavy atom. The lowest BCUT2D eigenvalue weighted by atomic mass is 9.47. The molecule has 1 saturated heterocycles. The van der Waals surface area contributed by atoms with E-state index in [1.807, 2.05) is 30.3 Å². The zero-order chi connectivity index (χ0) is 20.9. The van der Waals surface area contributed by atoms with Crippen molar-refractivity contribution in [2.24, 2.45) is 34.5 Å². The first-order chi connectivity index (χ1) is 14.4. The van der Waals surface area contributed by atoms with Gasteiger partial charge in [-0.25, -0.2) is 0 Å². The minimum absolute atomic E-state index is 0.264. The molecule has 5 rings (SSSR count). The Morgan fingerprint density at radius 1 is 0.967 bits per heavy atom. The average Bonchev–Trinajstić information content (AvgIpc) is 3.09. The van der Waals surface area contributed by atoms with Gasteiger partial charge in [0.25, 0.3) is 0 Å². The molecule has 3 heteroatoms. The van der Waals surface area contributed by atoms with Crippen molar-refractivity contribution in [3.8, 4) is 0 Å². The second-order valence-corrected chi connectivity index (χ2v) is 11.2. The van der Waals surface area contributed by atoms with E-state index < -0.39 is 0 Å². The van der Waals surface area contributed by atoms with Gasteiger partial charge in [-0.2, -0.15) is 0 Å². The first-order valence-electron chi connectivity index (χ1n) is 12.3. The highest BCUT2D eigenvalue weighted by atomic mass is 16.1. The molecule has 1 aromatic rings. The third kappa shape index (κ3) is 3.15. The fourth-order valence-electron chi connectivity index (χ4n) is 8.36. The highest BCUT2D eigenvalue weighted by Crippen LogP contribution is 2.66. The number of carbonyl (C=O) groups excluding carboxylic acids is 2. The fourth-order valence-corrected chi connectivity index (χ4v) is 8.36. The number of Topliss-reactive ketones (excluding diaryl/α,β-unsaturated/α-hetero) is 1. The maximum Gasteiger partial charge on any atom is 0.220 e. The third-order valence-electron chi connectivity index (χ3n) is 10.1.